The number of rotatable bonds is 6. The van der Waals surface area contributed by atoms with E-state index in [0.717, 1.165) is 23.4 Å². The average Bonchev–Trinajstić information content (AvgIpc) is 3.07. The summed E-state index contributed by atoms with van der Waals surface area (Å²) in [6.07, 6.45) is 5.64. The molecule has 3 N–H and O–H groups in total. The van der Waals surface area contributed by atoms with Crippen LogP contribution in [0.25, 0.3) is 11.1 Å². The van der Waals surface area contributed by atoms with E-state index in [0.29, 0.717) is 17.2 Å². The third-order valence-corrected chi connectivity index (χ3v) is 4.31. The first-order valence-electron chi connectivity index (χ1n) is 8.89. The molecule has 0 aliphatic carbocycles. The monoisotopic (exact) mass is 364 g/mol. The van der Waals surface area contributed by atoms with Gasteiger partial charge < -0.3 is 11.1 Å². The molecule has 7 nitrogen and oxygen atoms in total. The van der Waals surface area contributed by atoms with Crippen molar-refractivity contribution in [3.05, 3.63) is 60.4 Å². The number of pyridine rings is 1. The summed E-state index contributed by atoms with van der Waals surface area (Å²) in [7, 11) is 1.83. The van der Waals surface area contributed by atoms with Gasteiger partial charge >= 0.3 is 0 Å². The number of anilines is 1. The zero-order chi connectivity index (χ0) is 19.4. The van der Waals surface area contributed by atoms with Crippen molar-refractivity contribution in [2.75, 3.05) is 5.73 Å². The number of nitrogens with one attached hydrogen (secondary N) is 1. The lowest BCUT2D eigenvalue weighted by Crippen LogP contribution is -2.31. The van der Waals surface area contributed by atoms with Crippen LogP contribution in [0.1, 0.15) is 42.5 Å². The van der Waals surface area contributed by atoms with Gasteiger partial charge in [-0.2, -0.15) is 5.10 Å². The Morgan fingerprint density at radius 3 is 2.52 bits per heavy atom. The Hall–Kier alpha value is -3.22. The number of carbonyl (C=O) groups is 1. The quantitative estimate of drug-likeness (QED) is 0.700. The second-order valence-electron chi connectivity index (χ2n) is 6.98. The number of nitrogen functional groups attached to an aromatic ring is 1. The van der Waals surface area contributed by atoms with Gasteiger partial charge in [0.15, 0.2) is 0 Å². The van der Waals surface area contributed by atoms with Crippen molar-refractivity contribution in [3.8, 4) is 11.1 Å². The van der Waals surface area contributed by atoms with Gasteiger partial charge in [0.05, 0.1) is 11.7 Å². The number of amides is 1. The summed E-state index contributed by atoms with van der Waals surface area (Å²) in [4.78, 5) is 21.1. The molecule has 0 aliphatic rings. The van der Waals surface area contributed by atoms with Crippen LogP contribution in [0.5, 0.6) is 0 Å². The maximum Gasteiger partial charge on any atom is 0.251 e. The Morgan fingerprint density at radius 2 is 1.93 bits per heavy atom. The number of benzene rings is 1. The Morgan fingerprint density at radius 1 is 1.19 bits per heavy atom. The lowest BCUT2D eigenvalue weighted by Gasteiger charge is -2.20. The van der Waals surface area contributed by atoms with Crippen LogP contribution in [0.3, 0.4) is 0 Å². The van der Waals surface area contributed by atoms with Gasteiger partial charge in [0, 0.05) is 30.6 Å². The molecule has 0 fully saturated rings. The molecule has 0 aliphatic heterocycles. The molecule has 0 saturated heterocycles. The van der Waals surface area contributed by atoms with Gasteiger partial charge in [-0.05, 0) is 36.1 Å². The molecule has 2 aromatic heterocycles. The number of hydrogen-bond acceptors (Lipinski definition) is 5. The van der Waals surface area contributed by atoms with Crippen molar-refractivity contribution in [2.24, 2.45) is 13.0 Å². The first kappa shape index (κ1) is 18.6. The van der Waals surface area contributed by atoms with Crippen LogP contribution < -0.4 is 11.1 Å². The largest absolute Gasteiger partial charge is 0.397 e. The maximum absolute atomic E-state index is 12.7. The van der Waals surface area contributed by atoms with E-state index in [1.54, 1.807) is 29.2 Å². The molecule has 1 amide bonds. The zero-order valence-corrected chi connectivity index (χ0v) is 15.8. The Labute approximate surface area is 158 Å². The van der Waals surface area contributed by atoms with Crippen molar-refractivity contribution >= 4 is 11.6 Å². The van der Waals surface area contributed by atoms with E-state index in [2.05, 4.69) is 34.2 Å². The molecule has 0 bridgehead atoms. The van der Waals surface area contributed by atoms with Crippen LogP contribution >= 0.6 is 0 Å². The number of nitrogens with two attached hydrogens (primary N) is 1. The molecule has 27 heavy (non-hydrogen) atoms. The fourth-order valence-corrected chi connectivity index (χ4v) is 2.99. The summed E-state index contributed by atoms with van der Waals surface area (Å²) in [6, 6.07) is 9.06. The molecular weight excluding hydrogens is 340 g/mol. The minimum Gasteiger partial charge on any atom is -0.397 e. The number of nitrogens with zero attached hydrogens (tertiary/aromatic N) is 4. The molecule has 0 unspecified atom stereocenters. The van der Waals surface area contributed by atoms with Crippen LogP contribution in [-0.2, 0) is 7.05 Å². The highest BCUT2D eigenvalue weighted by Crippen LogP contribution is 2.22. The summed E-state index contributed by atoms with van der Waals surface area (Å²) in [5.41, 5.74) is 8.86. The van der Waals surface area contributed by atoms with Gasteiger partial charge in [0.1, 0.15) is 12.2 Å². The normalized spacial score (nSPS) is 12.1. The predicted molar refractivity (Wildman–Crippen MR) is 105 cm³/mol. The third-order valence-electron chi connectivity index (χ3n) is 4.31. The van der Waals surface area contributed by atoms with Gasteiger partial charge in [-0.15, -0.1) is 0 Å². The zero-order valence-electron chi connectivity index (χ0n) is 15.8. The average molecular weight is 364 g/mol. The molecule has 0 radical (unpaired) electrons. The fraction of sp³-hybridized carbons (Fsp3) is 0.300. The highest BCUT2D eigenvalue weighted by Gasteiger charge is 2.21. The van der Waals surface area contributed by atoms with Gasteiger partial charge in [-0.1, -0.05) is 26.0 Å². The standard InChI is InChI=1S/C20H24N6O/c1-13(2)8-18(19-23-12-24-26(19)3)25-20(27)15-6-4-14(5-7-15)16-9-17(21)11-22-10-16/h4-7,9-13,18H,8,21H2,1-3H3,(H,25,27)/t18-/m0/s1. The Balaban J connectivity index is 1.77. The fourth-order valence-electron chi connectivity index (χ4n) is 2.99. The highest BCUT2D eigenvalue weighted by molar-refractivity contribution is 5.94. The van der Waals surface area contributed by atoms with Gasteiger partial charge in [-0.3, -0.25) is 14.5 Å². The van der Waals surface area contributed by atoms with E-state index >= 15 is 0 Å². The molecule has 1 atom stereocenters. The summed E-state index contributed by atoms with van der Waals surface area (Å²) < 4.78 is 1.70. The van der Waals surface area contributed by atoms with Crippen LogP contribution in [0.4, 0.5) is 5.69 Å². The summed E-state index contributed by atoms with van der Waals surface area (Å²) in [5.74, 6) is 1.02. The highest BCUT2D eigenvalue weighted by atomic mass is 16.1. The third kappa shape index (κ3) is 4.49. The molecule has 2 heterocycles. The Kier molecular flexibility index (Phi) is 5.49. The van der Waals surface area contributed by atoms with E-state index in [4.69, 9.17) is 5.73 Å². The van der Waals surface area contributed by atoms with E-state index in [1.807, 2.05) is 25.2 Å². The van der Waals surface area contributed by atoms with E-state index in [1.165, 1.54) is 6.33 Å². The van der Waals surface area contributed by atoms with Crippen molar-refractivity contribution in [3.63, 3.8) is 0 Å². The van der Waals surface area contributed by atoms with Crippen LogP contribution in [0, 0.1) is 5.92 Å². The summed E-state index contributed by atoms with van der Waals surface area (Å²) in [5, 5.41) is 7.20. The number of aromatic nitrogens is 4. The van der Waals surface area contributed by atoms with E-state index in [-0.39, 0.29) is 11.9 Å². The SMILES string of the molecule is CC(C)C[C@H](NC(=O)c1ccc(-c2cncc(N)c2)cc1)c1ncnn1C. The van der Waals surface area contributed by atoms with Gasteiger partial charge in [0.25, 0.3) is 5.91 Å². The number of aryl methyl sites for hydroxylation is 1. The predicted octanol–water partition coefficient (Wildman–Crippen LogP) is 2.98. The lowest BCUT2D eigenvalue weighted by atomic mass is 10.0. The smallest absolute Gasteiger partial charge is 0.251 e. The molecule has 1 aromatic carbocycles. The molecule has 0 spiro atoms. The molecule has 7 heteroatoms. The molecule has 140 valence electrons. The van der Waals surface area contributed by atoms with Crippen LogP contribution in [-0.4, -0.2) is 25.7 Å². The minimum atomic E-state index is -0.192. The van der Waals surface area contributed by atoms with E-state index < -0.39 is 0 Å². The second kappa shape index (κ2) is 7.99. The van der Waals surface area contributed by atoms with Gasteiger partial charge in [-0.25, -0.2) is 4.98 Å². The van der Waals surface area contributed by atoms with Crippen molar-refractivity contribution in [2.45, 2.75) is 26.3 Å². The number of carbonyl (C=O) groups excluding carboxylic acids is 1. The topological polar surface area (TPSA) is 98.7 Å². The molecule has 0 saturated carbocycles. The maximum atomic E-state index is 12.7. The van der Waals surface area contributed by atoms with Crippen LogP contribution in [0.15, 0.2) is 49.1 Å². The minimum absolute atomic E-state index is 0.138. The van der Waals surface area contributed by atoms with Crippen molar-refractivity contribution in [1.29, 1.82) is 0 Å². The first-order chi connectivity index (χ1) is 12.9. The van der Waals surface area contributed by atoms with Crippen molar-refractivity contribution in [1.82, 2.24) is 25.1 Å². The first-order valence-corrected chi connectivity index (χ1v) is 8.89. The van der Waals surface area contributed by atoms with Crippen molar-refractivity contribution < 1.29 is 4.79 Å². The second-order valence-corrected chi connectivity index (χ2v) is 6.98. The van der Waals surface area contributed by atoms with Crippen LogP contribution in [0.2, 0.25) is 0 Å². The number of hydrogen-bond donors (Lipinski definition) is 2. The van der Waals surface area contributed by atoms with E-state index in [9.17, 15) is 4.79 Å². The molecular formula is C20H24N6O. The lowest BCUT2D eigenvalue weighted by molar-refractivity contribution is 0.0929. The Bertz CT molecular complexity index is 916. The molecule has 3 rings (SSSR count). The summed E-state index contributed by atoms with van der Waals surface area (Å²) in [6.45, 7) is 4.23. The van der Waals surface area contributed by atoms with Gasteiger partial charge in [0.2, 0.25) is 0 Å². The molecule has 3 aromatic rings. The summed E-state index contributed by atoms with van der Waals surface area (Å²) >= 11 is 0.